The van der Waals surface area contributed by atoms with E-state index in [1.165, 1.54) is 11.0 Å². The normalized spacial score (nSPS) is 18.8. The molecule has 2 heterocycles. The summed E-state index contributed by atoms with van der Waals surface area (Å²) in [6, 6.07) is 6.91. The lowest BCUT2D eigenvalue weighted by Gasteiger charge is -2.33. The Balaban J connectivity index is 1.62. The third-order valence-electron chi connectivity index (χ3n) is 5.72. The Hall–Kier alpha value is -2.96. The number of hydrogen-bond acceptors (Lipinski definition) is 3. The van der Waals surface area contributed by atoms with Gasteiger partial charge in [0.15, 0.2) is 0 Å². The van der Waals surface area contributed by atoms with Crippen LogP contribution in [0.2, 0.25) is 0 Å². The smallest absolute Gasteiger partial charge is 0.232 e. The molecule has 1 unspecified atom stereocenters. The molecule has 4 rings (SSSR count). The first-order valence-corrected chi connectivity index (χ1v) is 9.64. The highest BCUT2D eigenvalue weighted by atomic mass is 19.1. The van der Waals surface area contributed by atoms with Crippen molar-refractivity contribution in [1.82, 2.24) is 0 Å². The number of carbonyl (C=O) groups excluding carboxylic acids is 2. The minimum absolute atomic E-state index is 0.000769. The standard InChI is InChI=1S/C22H22F2N2O3/c1-13-5-8-19(29-2)21-16(13)4-3-9-25(21)22(28)14-10-20(27)26(12-14)18-7-6-15(23)11-17(18)24/h5-8,11,14H,3-4,9-10,12H2,1-2H3. The Labute approximate surface area is 167 Å². The van der Waals surface area contributed by atoms with Crippen molar-refractivity contribution >= 4 is 23.2 Å². The van der Waals surface area contributed by atoms with Crippen LogP contribution < -0.4 is 14.5 Å². The number of nitrogens with zero attached hydrogens (tertiary/aromatic N) is 2. The number of carbonyl (C=O) groups is 2. The monoisotopic (exact) mass is 400 g/mol. The van der Waals surface area contributed by atoms with Gasteiger partial charge in [-0.05, 0) is 49.1 Å². The van der Waals surface area contributed by atoms with Gasteiger partial charge in [-0.3, -0.25) is 9.59 Å². The summed E-state index contributed by atoms with van der Waals surface area (Å²) in [6.07, 6.45) is 1.68. The molecule has 7 heteroatoms. The number of benzene rings is 2. The summed E-state index contributed by atoms with van der Waals surface area (Å²) in [5.41, 5.74) is 2.94. The first-order chi connectivity index (χ1) is 13.9. The zero-order valence-electron chi connectivity index (χ0n) is 16.4. The largest absolute Gasteiger partial charge is 0.495 e. The first kappa shape index (κ1) is 19.4. The number of ether oxygens (including phenoxy) is 1. The minimum atomic E-state index is -0.813. The highest BCUT2D eigenvalue weighted by molar-refractivity contribution is 6.05. The molecule has 2 aromatic carbocycles. The third-order valence-corrected chi connectivity index (χ3v) is 5.72. The zero-order chi connectivity index (χ0) is 20.7. The second-order valence-corrected chi connectivity index (χ2v) is 7.51. The van der Waals surface area contributed by atoms with Gasteiger partial charge in [0, 0.05) is 25.6 Å². The zero-order valence-corrected chi connectivity index (χ0v) is 16.4. The van der Waals surface area contributed by atoms with E-state index < -0.39 is 17.6 Å². The van der Waals surface area contributed by atoms with Crippen LogP contribution in [0.3, 0.4) is 0 Å². The number of rotatable bonds is 3. The predicted molar refractivity (Wildman–Crippen MR) is 105 cm³/mol. The van der Waals surface area contributed by atoms with Crippen LogP contribution in [0.15, 0.2) is 30.3 Å². The van der Waals surface area contributed by atoms with E-state index in [4.69, 9.17) is 4.74 Å². The van der Waals surface area contributed by atoms with E-state index in [1.807, 2.05) is 19.1 Å². The molecule has 0 aliphatic carbocycles. The molecular weight excluding hydrogens is 378 g/mol. The second kappa shape index (κ2) is 7.46. The lowest BCUT2D eigenvalue weighted by Crippen LogP contribution is -2.41. The molecule has 2 aromatic rings. The van der Waals surface area contributed by atoms with Gasteiger partial charge >= 0.3 is 0 Å². The molecule has 1 atom stereocenters. The third kappa shape index (κ3) is 3.34. The highest BCUT2D eigenvalue weighted by Crippen LogP contribution is 2.40. The maximum atomic E-state index is 14.2. The van der Waals surface area contributed by atoms with Gasteiger partial charge in [-0.2, -0.15) is 0 Å². The lowest BCUT2D eigenvalue weighted by atomic mass is 9.94. The number of methoxy groups -OCH3 is 1. The van der Waals surface area contributed by atoms with Gasteiger partial charge in [0.05, 0.1) is 24.4 Å². The Morgan fingerprint density at radius 3 is 2.72 bits per heavy atom. The van der Waals surface area contributed by atoms with Crippen molar-refractivity contribution in [2.45, 2.75) is 26.2 Å². The van der Waals surface area contributed by atoms with Crippen molar-refractivity contribution < 1.29 is 23.1 Å². The Bertz CT molecular complexity index is 992. The first-order valence-electron chi connectivity index (χ1n) is 9.64. The fourth-order valence-electron chi connectivity index (χ4n) is 4.26. The van der Waals surface area contributed by atoms with Gasteiger partial charge in [-0.25, -0.2) is 8.78 Å². The maximum absolute atomic E-state index is 14.2. The molecule has 0 spiro atoms. The van der Waals surface area contributed by atoms with Crippen LogP contribution in [-0.2, 0) is 16.0 Å². The van der Waals surface area contributed by atoms with Gasteiger partial charge in [0.2, 0.25) is 11.8 Å². The molecule has 0 aromatic heterocycles. The van der Waals surface area contributed by atoms with Crippen molar-refractivity contribution in [2.75, 3.05) is 30.0 Å². The van der Waals surface area contributed by atoms with Crippen LogP contribution in [0, 0.1) is 24.5 Å². The molecule has 29 heavy (non-hydrogen) atoms. The molecule has 0 N–H and O–H groups in total. The molecule has 2 aliphatic heterocycles. The van der Waals surface area contributed by atoms with Gasteiger partial charge in [-0.15, -0.1) is 0 Å². The van der Waals surface area contributed by atoms with Gasteiger partial charge in [-0.1, -0.05) is 6.07 Å². The quantitative estimate of drug-likeness (QED) is 0.791. The maximum Gasteiger partial charge on any atom is 0.232 e. The van der Waals surface area contributed by atoms with E-state index in [-0.39, 0.29) is 30.5 Å². The molecule has 5 nitrogen and oxygen atoms in total. The number of amides is 2. The van der Waals surface area contributed by atoms with Crippen molar-refractivity contribution in [3.05, 3.63) is 53.1 Å². The molecule has 1 saturated heterocycles. The molecule has 2 amide bonds. The van der Waals surface area contributed by atoms with E-state index >= 15 is 0 Å². The summed E-state index contributed by atoms with van der Waals surface area (Å²) in [6.45, 7) is 2.62. The van der Waals surface area contributed by atoms with E-state index in [1.54, 1.807) is 12.0 Å². The van der Waals surface area contributed by atoms with Crippen molar-refractivity contribution in [1.29, 1.82) is 0 Å². The average molecular weight is 400 g/mol. The van der Waals surface area contributed by atoms with Crippen LogP contribution in [-0.4, -0.2) is 32.0 Å². The molecular formula is C22H22F2N2O3. The molecule has 2 aliphatic rings. The fourth-order valence-corrected chi connectivity index (χ4v) is 4.26. The number of anilines is 2. The van der Waals surface area contributed by atoms with Crippen molar-refractivity contribution in [2.24, 2.45) is 5.92 Å². The van der Waals surface area contributed by atoms with E-state index in [0.717, 1.165) is 41.8 Å². The van der Waals surface area contributed by atoms with Gasteiger partial charge in [0.25, 0.3) is 0 Å². The summed E-state index contributed by atoms with van der Waals surface area (Å²) in [4.78, 5) is 28.8. The van der Waals surface area contributed by atoms with Crippen LogP contribution >= 0.6 is 0 Å². The number of fused-ring (bicyclic) bond motifs is 1. The number of hydrogen-bond donors (Lipinski definition) is 0. The van der Waals surface area contributed by atoms with Crippen molar-refractivity contribution in [3.63, 3.8) is 0 Å². The molecule has 0 saturated carbocycles. The molecule has 0 radical (unpaired) electrons. The van der Waals surface area contributed by atoms with Crippen molar-refractivity contribution in [3.8, 4) is 5.75 Å². The van der Waals surface area contributed by atoms with E-state index in [9.17, 15) is 18.4 Å². The van der Waals surface area contributed by atoms with Crippen LogP contribution in [0.5, 0.6) is 5.75 Å². The summed E-state index contributed by atoms with van der Waals surface area (Å²) in [5, 5.41) is 0. The van der Waals surface area contributed by atoms with E-state index in [2.05, 4.69) is 0 Å². The number of halogens is 2. The second-order valence-electron chi connectivity index (χ2n) is 7.51. The fraction of sp³-hybridized carbons (Fsp3) is 0.364. The van der Waals surface area contributed by atoms with Gasteiger partial charge < -0.3 is 14.5 Å². The van der Waals surface area contributed by atoms with Crippen LogP contribution in [0.1, 0.15) is 24.0 Å². The Morgan fingerprint density at radius 2 is 2.00 bits per heavy atom. The summed E-state index contributed by atoms with van der Waals surface area (Å²) >= 11 is 0. The number of aryl methyl sites for hydroxylation is 1. The SMILES string of the molecule is COc1ccc(C)c2c1N(C(=O)C1CC(=O)N(c3ccc(F)cc3F)C1)CCC2. The summed E-state index contributed by atoms with van der Waals surface area (Å²) < 4.78 is 32.9. The molecule has 1 fully saturated rings. The predicted octanol–water partition coefficient (Wildman–Crippen LogP) is 3.61. The topological polar surface area (TPSA) is 49.9 Å². The Kier molecular flexibility index (Phi) is 4.98. The van der Waals surface area contributed by atoms with E-state index in [0.29, 0.717) is 12.3 Å². The summed E-state index contributed by atoms with van der Waals surface area (Å²) in [7, 11) is 1.57. The summed E-state index contributed by atoms with van der Waals surface area (Å²) in [5.74, 6) is -2.01. The highest BCUT2D eigenvalue weighted by Gasteiger charge is 2.40. The van der Waals surface area contributed by atoms with Crippen LogP contribution in [0.25, 0.3) is 0 Å². The molecule has 0 bridgehead atoms. The van der Waals surface area contributed by atoms with Crippen LogP contribution in [0.4, 0.5) is 20.2 Å². The Morgan fingerprint density at radius 1 is 1.21 bits per heavy atom. The molecule has 152 valence electrons. The van der Waals surface area contributed by atoms with Gasteiger partial charge in [0.1, 0.15) is 17.4 Å². The lowest BCUT2D eigenvalue weighted by molar-refractivity contribution is -0.124. The minimum Gasteiger partial charge on any atom is -0.495 e. The average Bonchev–Trinajstić information content (AvgIpc) is 3.09.